The Bertz CT molecular complexity index is 702. The molecule has 0 aliphatic carbocycles. The van der Waals surface area contributed by atoms with Crippen LogP contribution in [0.4, 0.5) is 4.39 Å². The van der Waals surface area contributed by atoms with Gasteiger partial charge in [0.15, 0.2) is 6.04 Å². The lowest BCUT2D eigenvalue weighted by molar-refractivity contribution is -0.139. The van der Waals surface area contributed by atoms with Crippen LogP contribution in [0.15, 0.2) is 30.6 Å². The van der Waals surface area contributed by atoms with Crippen molar-refractivity contribution in [1.29, 1.82) is 0 Å². The molecule has 8 heteroatoms. The first-order valence-electron chi connectivity index (χ1n) is 5.85. The summed E-state index contributed by atoms with van der Waals surface area (Å²) in [4.78, 5) is 23.2. The van der Waals surface area contributed by atoms with Crippen molar-refractivity contribution in [2.45, 2.75) is 6.04 Å². The van der Waals surface area contributed by atoms with Gasteiger partial charge in [-0.05, 0) is 18.2 Å². The standard InChI is InChI=1S/C13H11ClFN3O3/c1-18-6-8(5-16-18)11(13(20)21)17-12(19)7-2-3-9(14)10(15)4-7/h2-6,11H,1H3,(H,17,19)(H,20,21). The predicted octanol–water partition coefficient (Wildman–Crippen LogP) is 1.77. The number of nitrogens with one attached hydrogen (secondary N) is 1. The summed E-state index contributed by atoms with van der Waals surface area (Å²) in [7, 11) is 1.62. The Hall–Kier alpha value is -2.41. The minimum atomic E-state index is -1.27. The molecule has 0 aliphatic heterocycles. The van der Waals surface area contributed by atoms with Crippen LogP contribution in [0.1, 0.15) is 22.0 Å². The lowest BCUT2D eigenvalue weighted by Crippen LogP contribution is -2.33. The predicted molar refractivity (Wildman–Crippen MR) is 72.5 cm³/mol. The Kier molecular flexibility index (Phi) is 4.23. The van der Waals surface area contributed by atoms with Crippen LogP contribution in [0.3, 0.4) is 0 Å². The van der Waals surface area contributed by atoms with E-state index in [1.165, 1.54) is 29.2 Å². The van der Waals surface area contributed by atoms with E-state index in [2.05, 4.69) is 10.4 Å². The van der Waals surface area contributed by atoms with Gasteiger partial charge in [-0.2, -0.15) is 5.10 Å². The number of hydrogen-bond acceptors (Lipinski definition) is 3. The molecule has 1 heterocycles. The number of aromatic nitrogens is 2. The highest BCUT2D eigenvalue weighted by atomic mass is 35.5. The average molecular weight is 312 g/mol. The highest BCUT2D eigenvalue weighted by Gasteiger charge is 2.24. The molecule has 0 bridgehead atoms. The van der Waals surface area contributed by atoms with Crippen molar-refractivity contribution < 1.29 is 19.1 Å². The maximum atomic E-state index is 13.3. The highest BCUT2D eigenvalue weighted by molar-refractivity contribution is 6.30. The number of rotatable bonds is 4. The third-order valence-corrected chi connectivity index (χ3v) is 3.07. The fraction of sp³-hybridized carbons (Fsp3) is 0.154. The van der Waals surface area contributed by atoms with E-state index in [9.17, 15) is 19.1 Å². The van der Waals surface area contributed by atoms with Crippen molar-refractivity contribution in [1.82, 2.24) is 15.1 Å². The summed E-state index contributed by atoms with van der Waals surface area (Å²) in [6.07, 6.45) is 2.81. The van der Waals surface area contributed by atoms with Crippen molar-refractivity contribution in [3.63, 3.8) is 0 Å². The number of aryl methyl sites for hydroxylation is 1. The Balaban J connectivity index is 2.22. The van der Waals surface area contributed by atoms with Crippen molar-refractivity contribution in [3.8, 4) is 0 Å². The molecule has 0 saturated carbocycles. The molecule has 110 valence electrons. The van der Waals surface area contributed by atoms with Gasteiger partial charge in [0.05, 0.1) is 11.2 Å². The Morgan fingerprint density at radius 1 is 1.48 bits per heavy atom. The second-order valence-corrected chi connectivity index (χ2v) is 4.73. The molecule has 0 spiro atoms. The molecular weight excluding hydrogens is 301 g/mol. The van der Waals surface area contributed by atoms with Crippen LogP contribution < -0.4 is 5.32 Å². The number of carboxylic acids is 1. The average Bonchev–Trinajstić information content (AvgIpc) is 2.84. The number of hydrogen-bond donors (Lipinski definition) is 2. The zero-order chi connectivity index (χ0) is 15.6. The van der Waals surface area contributed by atoms with Gasteiger partial charge < -0.3 is 10.4 Å². The second kappa shape index (κ2) is 5.92. The number of carboxylic acid groups (broad SMARTS) is 1. The van der Waals surface area contributed by atoms with E-state index >= 15 is 0 Å². The largest absolute Gasteiger partial charge is 0.479 e. The van der Waals surface area contributed by atoms with E-state index in [0.717, 1.165) is 6.07 Å². The van der Waals surface area contributed by atoms with Gasteiger partial charge >= 0.3 is 5.97 Å². The molecule has 6 nitrogen and oxygen atoms in total. The molecule has 1 atom stereocenters. The van der Waals surface area contributed by atoms with Crippen LogP contribution in [0.2, 0.25) is 5.02 Å². The van der Waals surface area contributed by atoms with Crippen LogP contribution >= 0.6 is 11.6 Å². The third kappa shape index (κ3) is 3.38. The maximum Gasteiger partial charge on any atom is 0.331 e. The molecule has 0 fully saturated rings. The number of nitrogens with zero attached hydrogens (tertiary/aromatic N) is 2. The zero-order valence-corrected chi connectivity index (χ0v) is 11.6. The van der Waals surface area contributed by atoms with E-state index in [1.807, 2.05) is 0 Å². The Morgan fingerprint density at radius 3 is 2.71 bits per heavy atom. The number of amides is 1. The lowest BCUT2D eigenvalue weighted by atomic mass is 10.1. The Labute approximate surface area is 124 Å². The van der Waals surface area contributed by atoms with E-state index < -0.39 is 23.7 Å². The molecule has 2 N–H and O–H groups in total. The topological polar surface area (TPSA) is 84.2 Å². The van der Waals surface area contributed by atoms with Gasteiger partial charge in [0.1, 0.15) is 5.82 Å². The monoisotopic (exact) mass is 311 g/mol. The van der Waals surface area contributed by atoms with Crippen molar-refractivity contribution in [2.75, 3.05) is 0 Å². The van der Waals surface area contributed by atoms with Crippen LogP contribution in [0.5, 0.6) is 0 Å². The van der Waals surface area contributed by atoms with Crippen LogP contribution in [0.25, 0.3) is 0 Å². The minimum Gasteiger partial charge on any atom is -0.479 e. The maximum absolute atomic E-state index is 13.3. The van der Waals surface area contributed by atoms with Gasteiger partial charge in [0.2, 0.25) is 0 Å². The molecule has 1 aromatic heterocycles. The van der Waals surface area contributed by atoms with Crippen LogP contribution in [-0.4, -0.2) is 26.8 Å². The summed E-state index contributed by atoms with van der Waals surface area (Å²) >= 11 is 5.53. The number of aliphatic carboxylic acids is 1. The quantitative estimate of drug-likeness (QED) is 0.901. The van der Waals surface area contributed by atoms with Gasteiger partial charge in [-0.3, -0.25) is 9.48 Å². The van der Waals surface area contributed by atoms with Crippen molar-refractivity contribution in [3.05, 3.63) is 52.6 Å². The van der Waals surface area contributed by atoms with E-state index in [4.69, 9.17) is 11.6 Å². The van der Waals surface area contributed by atoms with Gasteiger partial charge in [0, 0.05) is 24.4 Å². The van der Waals surface area contributed by atoms with Crippen LogP contribution in [-0.2, 0) is 11.8 Å². The van der Waals surface area contributed by atoms with Crippen molar-refractivity contribution >= 4 is 23.5 Å². The molecule has 0 saturated heterocycles. The molecular formula is C13H11ClFN3O3. The smallest absolute Gasteiger partial charge is 0.331 e. The summed E-state index contributed by atoms with van der Waals surface area (Å²) in [5.41, 5.74) is 0.292. The van der Waals surface area contributed by atoms with E-state index in [0.29, 0.717) is 5.56 Å². The van der Waals surface area contributed by atoms with E-state index in [1.54, 1.807) is 7.05 Å². The molecule has 2 rings (SSSR count). The normalized spacial score (nSPS) is 12.0. The van der Waals surface area contributed by atoms with Crippen LogP contribution in [0, 0.1) is 5.82 Å². The number of halogens is 2. The zero-order valence-electron chi connectivity index (χ0n) is 10.9. The highest BCUT2D eigenvalue weighted by Crippen LogP contribution is 2.17. The van der Waals surface area contributed by atoms with Crippen molar-refractivity contribution in [2.24, 2.45) is 7.05 Å². The molecule has 1 amide bonds. The van der Waals surface area contributed by atoms with Gasteiger partial charge in [-0.25, -0.2) is 9.18 Å². The second-order valence-electron chi connectivity index (χ2n) is 4.32. The molecule has 0 radical (unpaired) electrons. The Morgan fingerprint density at radius 2 is 2.19 bits per heavy atom. The molecule has 1 unspecified atom stereocenters. The molecule has 1 aromatic carbocycles. The fourth-order valence-electron chi connectivity index (χ4n) is 1.73. The number of carbonyl (C=O) groups is 2. The number of benzene rings is 1. The first-order chi connectivity index (χ1) is 9.88. The lowest BCUT2D eigenvalue weighted by Gasteiger charge is -2.13. The molecule has 21 heavy (non-hydrogen) atoms. The summed E-state index contributed by atoms with van der Waals surface area (Å²) in [6.45, 7) is 0. The number of carbonyl (C=O) groups excluding carboxylic acids is 1. The summed E-state index contributed by atoms with van der Waals surface area (Å²) in [5, 5.41) is 15.2. The van der Waals surface area contributed by atoms with Gasteiger partial charge in [-0.15, -0.1) is 0 Å². The summed E-state index contributed by atoms with van der Waals surface area (Å²) in [5.74, 6) is -2.72. The summed E-state index contributed by atoms with van der Waals surface area (Å²) < 4.78 is 14.7. The fourth-order valence-corrected chi connectivity index (χ4v) is 1.85. The SMILES string of the molecule is Cn1cc(C(NC(=O)c2ccc(Cl)c(F)c2)C(=O)O)cn1. The van der Waals surface area contributed by atoms with Gasteiger partial charge in [0.25, 0.3) is 5.91 Å². The third-order valence-electron chi connectivity index (χ3n) is 2.76. The first kappa shape index (κ1) is 15.0. The molecule has 2 aromatic rings. The summed E-state index contributed by atoms with van der Waals surface area (Å²) in [6, 6.07) is 2.21. The minimum absolute atomic E-state index is 0.0213. The van der Waals surface area contributed by atoms with Gasteiger partial charge in [-0.1, -0.05) is 11.6 Å². The van der Waals surface area contributed by atoms with E-state index in [-0.39, 0.29) is 10.6 Å². The first-order valence-corrected chi connectivity index (χ1v) is 6.23. The molecule has 0 aliphatic rings.